The number of nitrogens with one attached hydrogen (secondary N) is 1. The van der Waals surface area contributed by atoms with E-state index >= 15 is 0 Å². The van der Waals surface area contributed by atoms with Gasteiger partial charge in [0.1, 0.15) is 5.82 Å². The number of carbonyl (C=O) groups excluding carboxylic acids is 2. The fourth-order valence-corrected chi connectivity index (χ4v) is 5.33. The first-order chi connectivity index (χ1) is 20.0. The van der Waals surface area contributed by atoms with Gasteiger partial charge < -0.3 is 15.3 Å². The zero-order chi connectivity index (χ0) is 30.0. The molecule has 5 rings (SSSR count). The molecule has 1 aliphatic heterocycles. The minimum absolute atomic E-state index is 0.113. The topological polar surface area (TPSA) is 105 Å². The Balaban J connectivity index is 1.29. The van der Waals surface area contributed by atoms with E-state index < -0.39 is 11.5 Å². The molecule has 0 radical (unpaired) electrons. The summed E-state index contributed by atoms with van der Waals surface area (Å²) in [7, 11) is 0. The first-order valence-corrected chi connectivity index (χ1v) is 13.9. The van der Waals surface area contributed by atoms with Crippen LogP contribution in [0.3, 0.4) is 0 Å². The summed E-state index contributed by atoms with van der Waals surface area (Å²) < 4.78 is 15.4. The Hall–Kier alpha value is -4.79. The van der Waals surface area contributed by atoms with E-state index in [9.17, 15) is 18.8 Å². The fraction of sp³-hybridized carbons (Fsp3) is 0.273. The number of piperidine rings is 1. The third kappa shape index (κ3) is 6.10. The highest BCUT2D eigenvalue weighted by molar-refractivity contribution is 6.08. The van der Waals surface area contributed by atoms with Gasteiger partial charge in [-0.15, -0.1) is 0 Å². The average molecular weight is 569 g/mol. The maximum Gasteiger partial charge on any atom is 0.335 e. The van der Waals surface area contributed by atoms with Gasteiger partial charge in [0.25, 0.3) is 11.8 Å². The second kappa shape index (κ2) is 11.6. The average Bonchev–Trinajstić information content (AvgIpc) is 3.44. The summed E-state index contributed by atoms with van der Waals surface area (Å²) in [5.74, 6) is -1.56. The predicted molar refractivity (Wildman–Crippen MR) is 158 cm³/mol. The maximum atomic E-state index is 13.6. The van der Waals surface area contributed by atoms with E-state index in [-0.39, 0.29) is 29.1 Å². The molecule has 0 atom stereocenters. The Bertz CT molecular complexity index is 1610. The molecule has 216 valence electrons. The molecule has 8 nitrogen and oxygen atoms in total. The molecule has 0 spiro atoms. The number of hydrogen-bond acceptors (Lipinski definition) is 4. The quantitative estimate of drug-likeness (QED) is 0.280. The normalized spacial score (nSPS) is 14.0. The van der Waals surface area contributed by atoms with E-state index in [1.54, 1.807) is 53.2 Å². The van der Waals surface area contributed by atoms with Crippen LogP contribution in [0.15, 0.2) is 79.0 Å². The summed E-state index contributed by atoms with van der Waals surface area (Å²) >= 11 is 0. The van der Waals surface area contributed by atoms with Gasteiger partial charge in [-0.2, -0.15) is 5.10 Å². The van der Waals surface area contributed by atoms with E-state index in [0.717, 1.165) is 18.4 Å². The molecule has 9 heteroatoms. The summed E-state index contributed by atoms with van der Waals surface area (Å²) in [6, 6.07) is 19.8. The number of carboxylic acid groups (broad SMARTS) is 1. The Labute approximate surface area is 243 Å². The highest BCUT2D eigenvalue weighted by Gasteiger charge is 2.27. The predicted octanol–water partition coefficient (Wildman–Crippen LogP) is 6.41. The van der Waals surface area contributed by atoms with Crippen LogP contribution in [-0.2, 0) is 5.54 Å². The van der Waals surface area contributed by atoms with Gasteiger partial charge in [-0.3, -0.25) is 14.3 Å². The molecule has 3 aromatic carbocycles. The number of aromatic nitrogens is 2. The lowest BCUT2D eigenvalue weighted by atomic mass is 9.89. The van der Waals surface area contributed by atoms with Crippen LogP contribution in [0, 0.1) is 5.82 Å². The number of aromatic carboxylic acids is 1. The molecular formula is C33H33FN4O4. The zero-order valence-corrected chi connectivity index (χ0v) is 23.8. The molecular weight excluding hydrogens is 535 g/mol. The van der Waals surface area contributed by atoms with Crippen LogP contribution in [0.25, 0.3) is 11.3 Å². The Morgan fingerprint density at radius 2 is 1.60 bits per heavy atom. The number of halogens is 1. The van der Waals surface area contributed by atoms with Gasteiger partial charge in [0.15, 0.2) is 0 Å². The van der Waals surface area contributed by atoms with Crippen molar-refractivity contribution in [1.82, 2.24) is 14.7 Å². The van der Waals surface area contributed by atoms with E-state index in [0.29, 0.717) is 41.2 Å². The van der Waals surface area contributed by atoms with Crippen LogP contribution in [0.1, 0.15) is 76.2 Å². The Morgan fingerprint density at radius 3 is 2.21 bits per heavy atom. The zero-order valence-electron chi connectivity index (χ0n) is 23.8. The minimum atomic E-state index is -0.950. The summed E-state index contributed by atoms with van der Waals surface area (Å²) in [5, 5.41) is 16.5. The molecule has 1 fully saturated rings. The van der Waals surface area contributed by atoms with Crippen molar-refractivity contribution in [2.75, 3.05) is 18.4 Å². The lowest BCUT2D eigenvalue weighted by Gasteiger charge is -2.32. The van der Waals surface area contributed by atoms with Crippen LogP contribution >= 0.6 is 0 Å². The summed E-state index contributed by atoms with van der Waals surface area (Å²) in [4.78, 5) is 39.8. The molecule has 4 aromatic rings. The van der Waals surface area contributed by atoms with Crippen molar-refractivity contribution in [3.8, 4) is 11.3 Å². The smallest absolute Gasteiger partial charge is 0.335 e. The van der Waals surface area contributed by atoms with Crippen LogP contribution < -0.4 is 5.32 Å². The number of carbonyl (C=O) groups is 3. The third-order valence-electron chi connectivity index (χ3n) is 7.55. The molecule has 1 aromatic heterocycles. The Morgan fingerprint density at radius 1 is 0.929 bits per heavy atom. The lowest BCUT2D eigenvalue weighted by Crippen LogP contribution is -2.38. The van der Waals surface area contributed by atoms with Gasteiger partial charge >= 0.3 is 5.97 Å². The highest BCUT2D eigenvalue weighted by atomic mass is 19.1. The van der Waals surface area contributed by atoms with Crippen molar-refractivity contribution in [3.05, 3.63) is 107 Å². The van der Waals surface area contributed by atoms with Crippen LogP contribution in [0.4, 0.5) is 10.1 Å². The van der Waals surface area contributed by atoms with Gasteiger partial charge in [0.05, 0.1) is 28.6 Å². The summed E-state index contributed by atoms with van der Waals surface area (Å²) in [6.45, 7) is 7.08. The standard InChI is InChI=1S/C33H33FN4O4/c1-33(2,3)38-29(23-11-13-26(34)14-12-23)28(20-35-38)30(39)36-27-6-4-5-25(19-27)31(40)37-17-15-22(16-18-37)21-7-9-24(10-8-21)32(41)42/h4-14,19-20,22H,15-18H2,1-3H3,(H,36,39)(H,41,42). The molecule has 1 saturated heterocycles. The van der Waals surface area contributed by atoms with Crippen molar-refractivity contribution in [1.29, 1.82) is 0 Å². The van der Waals surface area contributed by atoms with Crippen molar-refractivity contribution in [3.63, 3.8) is 0 Å². The number of amides is 2. The van der Waals surface area contributed by atoms with Crippen molar-refractivity contribution in [2.24, 2.45) is 0 Å². The van der Waals surface area contributed by atoms with Crippen molar-refractivity contribution in [2.45, 2.75) is 45.1 Å². The number of nitrogens with zero attached hydrogens (tertiary/aromatic N) is 3. The first kappa shape index (κ1) is 28.7. The largest absolute Gasteiger partial charge is 0.478 e. The van der Waals surface area contributed by atoms with Gasteiger partial charge in [-0.05, 0) is 99.7 Å². The van der Waals surface area contributed by atoms with Gasteiger partial charge in [-0.25, -0.2) is 9.18 Å². The maximum absolute atomic E-state index is 13.6. The van der Waals surface area contributed by atoms with Gasteiger partial charge in [0.2, 0.25) is 0 Å². The third-order valence-corrected chi connectivity index (χ3v) is 7.55. The molecule has 0 bridgehead atoms. The summed E-state index contributed by atoms with van der Waals surface area (Å²) in [6.07, 6.45) is 3.06. The second-order valence-corrected chi connectivity index (χ2v) is 11.5. The minimum Gasteiger partial charge on any atom is -0.478 e. The van der Waals surface area contributed by atoms with E-state index in [1.807, 2.05) is 37.8 Å². The lowest BCUT2D eigenvalue weighted by molar-refractivity contribution is 0.0691. The molecule has 0 aliphatic carbocycles. The highest BCUT2D eigenvalue weighted by Crippen LogP contribution is 2.31. The van der Waals surface area contributed by atoms with E-state index in [4.69, 9.17) is 5.11 Å². The number of likely N-dealkylation sites (tertiary alicyclic amines) is 1. The number of anilines is 1. The number of benzene rings is 3. The molecule has 2 N–H and O–H groups in total. The van der Waals surface area contributed by atoms with Gasteiger partial charge in [-0.1, -0.05) is 18.2 Å². The number of rotatable bonds is 6. The van der Waals surface area contributed by atoms with Crippen LogP contribution in [0.5, 0.6) is 0 Å². The SMILES string of the molecule is CC(C)(C)n1ncc(C(=O)Nc2cccc(C(=O)N3CCC(c4ccc(C(=O)O)cc4)CC3)c2)c1-c1ccc(F)cc1. The number of hydrogen-bond donors (Lipinski definition) is 2. The van der Waals surface area contributed by atoms with Crippen molar-refractivity contribution >= 4 is 23.5 Å². The van der Waals surface area contributed by atoms with Crippen LogP contribution in [-0.4, -0.2) is 50.7 Å². The molecule has 42 heavy (non-hydrogen) atoms. The monoisotopic (exact) mass is 568 g/mol. The molecule has 2 heterocycles. The molecule has 2 amide bonds. The fourth-order valence-electron chi connectivity index (χ4n) is 5.33. The van der Waals surface area contributed by atoms with E-state index in [2.05, 4.69) is 10.4 Å². The number of carboxylic acids is 1. The van der Waals surface area contributed by atoms with Crippen LogP contribution in [0.2, 0.25) is 0 Å². The summed E-state index contributed by atoms with van der Waals surface area (Å²) in [5.41, 5.74) is 3.44. The van der Waals surface area contributed by atoms with Crippen molar-refractivity contribution < 1.29 is 23.9 Å². The van der Waals surface area contributed by atoms with Gasteiger partial charge in [0, 0.05) is 29.9 Å². The first-order valence-electron chi connectivity index (χ1n) is 13.9. The molecule has 0 unspecified atom stereocenters. The molecule has 1 aliphatic rings. The van der Waals surface area contributed by atoms with E-state index in [1.165, 1.54) is 18.3 Å². The molecule has 0 saturated carbocycles. The second-order valence-electron chi connectivity index (χ2n) is 11.5. The Kier molecular flexibility index (Phi) is 7.93.